The summed E-state index contributed by atoms with van der Waals surface area (Å²) in [5.74, 6) is -0.325. The van der Waals surface area contributed by atoms with Crippen LogP contribution in [0.15, 0.2) is 18.2 Å². The van der Waals surface area contributed by atoms with Gasteiger partial charge in [-0.25, -0.2) is 8.42 Å². The minimum atomic E-state index is -3.59. The van der Waals surface area contributed by atoms with Crippen molar-refractivity contribution in [1.82, 2.24) is 5.32 Å². The maximum absolute atomic E-state index is 12.4. The molecule has 0 aromatic heterocycles. The van der Waals surface area contributed by atoms with Crippen LogP contribution in [0.25, 0.3) is 0 Å². The first-order valence-corrected chi connectivity index (χ1v) is 10.0. The van der Waals surface area contributed by atoms with E-state index >= 15 is 0 Å². The number of carbonyl (C=O) groups is 1. The molecule has 6 nitrogen and oxygen atoms in total. The second-order valence-electron chi connectivity index (χ2n) is 6.38. The lowest BCUT2D eigenvalue weighted by Gasteiger charge is -2.29. The second kappa shape index (κ2) is 7.53. The summed E-state index contributed by atoms with van der Waals surface area (Å²) < 4.78 is 31.2. The number of hydrogen-bond donors (Lipinski definition) is 1. The largest absolute Gasteiger partial charge is 0.376 e. The van der Waals surface area contributed by atoms with Crippen molar-refractivity contribution in [3.63, 3.8) is 0 Å². The summed E-state index contributed by atoms with van der Waals surface area (Å²) in [6.45, 7) is 6.60. The van der Waals surface area contributed by atoms with Crippen LogP contribution < -0.4 is 9.62 Å². The molecule has 1 aliphatic heterocycles. The van der Waals surface area contributed by atoms with Crippen molar-refractivity contribution in [2.45, 2.75) is 45.8 Å². The summed E-state index contributed by atoms with van der Waals surface area (Å²) in [7, 11) is -3.59. The van der Waals surface area contributed by atoms with Crippen LogP contribution in [0.4, 0.5) is 5.69 Å². The molecule has 0 saturated carbocycles. The van der Waals surface area contributed by atoms with Crippen LogP contribution in [-0.2, 0) is 19.6 Å². The maximum atomic E-state index is 12.4. The lowest BCUT2D eigenvalue weighted by atomic mass is 10.1. The highest BCUT2D eigenvalue weighted by atomic mass is 32.2. The summed E-state index contributed by atoms with van der Waals surface area (Å²) in [5, 5.41) is 2.80. The molecule has 1 N–H and O–H groups in total. The van der Waals surface area contributed by atoms with Crippen LogP contribution in [0.5, 0.6) is 0 Å². The van der Waals surface area contributed by atoms with Crippen LogP contribution in [0.3, 0.4) is 0 Å². The van der Waals surface area contributed by atoms with Crippen LogP contribution >= 0.6 is 0 Å². The van der Waals surface area contributed by atoms with E-state index in [9.17, 15) is 13.2 Å². The highest BCUT2D eigenvalue weighted by Crippen LogP contribution is 2.23. The molecule has 1 saturated heterocycles. The van der Waals surface area contributed by atoms with E-state index in [4.69, 9.17) is 4.74 Å². The first-order valence-electron chi connectivity index (χ1n) is 8.16. The zero-order chi connectivity index (χ0) is 17.9. The quantitative estimate of drug-likeness (QED) is 0.844. The van der Waals surface area contributed by atoms with Gasteiger partial charge in [0.05, 0.1) is 18.0 Å². The lowest BCUT2D eigenvalue weighted by molar-refractivity contribution is -0.122. The number of sulfonamides is 1. The predicted molar refractivity (Wildman–Crippen MR) is 94.7 cm³/mol. The molecule has 7 heteroatoms. The Morgan fingerprint density at radius 2 is 2.08 bits per heavy atom. The van der Waals surface area contributed by atoms with Gasteiger partial charge in [0.25, 0.3) is 0 Å². The smallest absolute Gasteiger partial charge is 0.243 e. The van der Waals surface area contributed by atoms with Gasteiger partial charge in [-0.1, -0.05) is 6.07 Å². The number of nitrogens with zero attached hydrogens (tertiary/aromatic N) is 1. The monoisotopic (exact) mass is 354 g/mol. The third kappa shape index (κ3) is 4.48. The zero-order valence-corrected chi connectivity index (χ0v) is 15.5. The van der Waals surface area contributed by atoms with E-state index in [-0.39, 0.29) is 12.0 Å². The molecule has 0 radical (unpaired) electrons. The fourth-order valence-corrected chi connectivity index (χ4v) is 4.01. The van der Waals surface area contributed by atoms with E-state index in [1.807, 2.05) is 19.9 Å². The van der Waals surface area contributed by atoms with E-state index in [1.54, 1.807) is 19.1 Å². The van der Waals surface area contributed by atoms with Gasteiger partial charge in [-0.15, -0.1) is 0 Å². The molecule has 0 bridgehead atoms. The van der Waals surface area contributed by atoms with E-state index < -0.39 is 16.1 Å². The first kappa shape index (κ1) is 18.7. The number of anilines is 1. The Morgan fingerprint density at radius 1 is 1.38 bits per heavy atom. The molecule has 1 aromatic rings. The molecule has 1 heterocycles. The molecule has 1 aliphatic rings. The topological polar surface area (TPSA) is 75.7 Å². The van der Waals surface area contributed by atoms with Crippen molar-refractivity contribution in [1.29, 1.82) is 0 Å². The van der Waals surface area contributed by atoms with Gasteiger partial charge in [0.2, 0.25) is 15.9 Å². The molecule has 134 valence electrons. The molecule has 0 aliphatic carbocycles. The number of nitrogens with one attached hydrogen (secondary N) is 1. The summed E-state index contributed by atoms with van der Waals surface area (Å²) >= 11 is 0. The molecule has 1 aromatic carbocycles. The van der Waals surface area contributed by atoms with Crippen LogP contribution in [0.1, 0.15) is 30.9 Å². The van der Waals surface area contributed by atoms with E-state index in [1.165, 1.54) is 4.31 Å². The molecular formula is C17H26N2O4S. The summed E-state index contributed by atoms with van der Waals surface area (Å²) in [5.41, 5.74) is 2.55. The Kier molecular flexibility index (Phi) is 5.87. The molecule has 2 rings (SSSR count). The van der Waals surface area contributed by atoms with E-state index in [0.29, 0.717) is 18.8 Å². The third-order valence-electron chi connectivity index (χ3n) is 4.36. The highest BCUT2D eigenvalue weighted by Gasteiger charge is 2.29. The number of ether oxygens (including phenoxy) is 1. The molecule has 0 spiro atoms. The molecule has 1 fully saturated rings. The standard InChI is InChI=1S/C17H26N2O4S/c1-12-7-8-15(10-13(12)2)19(24(4,21)22)14(3)17(20)18-11-16-6-5-9-23-16/h7-8,10,14,16H,5-6,9,11H2,1-4H3,(H,18,20)/t14-,16+/m0/s1. The Morgan fingerprint density at radius 3 is 2.62 bits per heavy atom. The van der Waals surface area contributed by atoms with Gasteiger partial charge in [0, 0.05) is 13.2 Å². The van der Waals surface area contributed by atoms with Gasteiger partial charge >= 0.3 is 0 Å². The fraction of sp³-hybridized carbons (Fsp3) is 0.588. The average molecular weight is 354 g/mol. The predicted octanol–water partition coefficient (Wildman–Crippen LogP) is 1.75. The van der Waals surface area contributed by atoms with Crippen LogP contribution in [-0.4, -0.2) is 45.9 Å². The van der Waals surface area contributed by atoms with Crippen LogP contribution in [0, 0.1) is 13.8 Å². The van der Waals surface area contributed by atoms with Gasteiger partial charge in [-0.05, 0) is 56.9 Å². The number of carbonyl (C=O) groups excluding carboxylic acids is 1. The van der Waals surface area contributed by atoms with Crippen molar-refractivity contribution >= 4 is 21.6 Å². The number of rotatable bonds is 6. The Balaban J connectivity index is 2.17. The van der Waals surface area contributed by atoms with E-state index in [0.717, 1.165) is 30.2 Å². The first-order chi connectivity index (χ1) is 11.2. The summed E-state index contributed by atoms with van der Waals surface area (Å²) in [6, 6.07) is 4.55. The van der Waals surface area contributed by atoms with Crippen molar-refractivity contribution < 1.29 is 17.9 Å². The molecule has 1 amide bonds. The highest BCUT2D eigenvalue weighted by molar-refractivity contribution is 7.92. The van der Waals surface area contributed by atoms with Gasteiger partial charge in [0.15, 0.2) is 0 Å². The van der Waals surface area contributed by atoms with Gasteiger partial charge < -0.3 is 10.1 Å². The number of amides is 1. The molecular weight excluding hydrogens is 328 g/mol. The van der Waals surface area contributed by atoms with E-state index in [2.05, 4.69) is 5.32 Å². The number of benzene rings is 1. The molecule has 2 atom stereocenters. The van der Waals surface area contributed by atoms with Gasteiger partial charge in [-0.3, -0.25) is 9.10 Å². The summed E-state index contributed by atoms with van der Waals surface area (Å²) in [6.07, 6.45) is 3.05. The lowest BCUT2D eigenvalue weighted by Crippen LogP contribution is -2.49. The maximum Gasteiger partial charge on any atom is 0.243 e. The van der Waals surface area contributed by atoms with Gasteiger partial charge in [0.1, 0.15) is 6.04 Å². The fourth-order valence-electron chi connectivity index (χ4n) is 2.84. The Bertz CT molecular complexity index is 697. The van der Waals surface area contributed by atoms with Crippen LogP contribution in [0.2, 0.25) is 0 Å². The second-order valence-corrected chi connectivity index (χ2v) is 8.24. The Labute approximate surface area is 144 Å². The van der Waals surface area contributed by atoms with Crippen molar-refractivity contribution in [2.75, 3.05) is 23.7 Å². The van der Waals surface area contributed by atoms with Crippen molar-refractivity contribution in [2.24, 2.45) is 0 Å². The SMILES string of the molecule is Cc1ccc(N([C@@H](C)C(=O)NC[C@H]2CCCO2)S(C)(=O)=O)cc1C. The third-order valence-corrected chi connectivity index (χ3v) is 5.60. The minimum Gasteiger partial charge on any atom is -0.376 e. The minimum absolute atomic E-state index is 0.0226. The zero-order valence-electron chi connectivity index (χ0n) is 14.7. The average Bonchev–Trinajstić information content (AvgIpc) is 3.00. The molecule has 0 unspecified atom stereocenters. The van der Waals surface area contributed by atoms with Crippen molar-refractivity contribution in [3.05, 3.63) is 29.3 Å². The van der Waals surface area contributed by atoms with Gasteiger partial charge in [-0.2, -0.15) is 0 Å². The van der Waals surface area contributed by atoms with Crippen molar-refractivity contribution in [3.8, 4) is 0 Å². The number of hydrogen-bond acceptors (Lipinski definition) is 4. The number of aryl methyl sites for hydroxylation is 2. The summed E-state index contributed by atoms with van der Waals surface area (Å²) in [4.78, 5) is 12.4. The normalized spacial score (nSPS) is 19.1. The Hall–Kier alpha value is -1.60. The molecule has 24 heavy (non-hydrogen) atoms.